The number of alkyl halides is 3. The molecule has 0 spiro atoms. The minimum Gasteiger partial charge on any atom is -0.338 e. The number of hydrogen-bond donors (Lipinski definition) is 2. The molecular weight excluding hydrogens is 433 g/mol. The maximum atomic E-state index is 13.5. The number of nitrogens with zero attached hydrogens (tertiary/aromatic N) is 4. The lowest BCUT2D eigenvalue weighted by molar-refractivity contribution is -0.179. The summed E-state index contributed by atoms with van der Waals surface area (Å²) >= 11 is 0. The molecule has 1 aromatic carbocycles. The third-order valence-electron chi connectivity index (χ3n) is 5.46. The molecule has 0 radical (unpaired) electrons. The average molecular weight is 461 g/mol. The van der Waals surface area contributed by atoms with E-state index >= 15 is 0 Å². The third kappa shape index (κ3) is 5.54. The highest BCUT2D eigenvalue weighted by atomic mass is 19.4. The SMILES string of the molecule is CC#N.Cc1cc(Nc2nn(CC3CC3)c3cc[nH]c(=O)c23)ccc1C(N(C)C)C(F)(F)F. The van der Waals surface area contributed by atoms with Gasteiger partial charge in [0.05, 0.1) is 11.6 Å². The monoisotopic (exact) mass is 460 g/mol. The Morgan fingerprint density at radius 3 is 2.55 bits per heavy atom. The van der Waals surface area contributed by atoms with Gasteiger partial charge in [-0.05, 0) is 69.1 Å². The number of pyridine rings is 1. The van der Waals surface area contributed by atoms with Crippen molar-refractivity contribution < 1.29 is 13.2 Å². The molecule has 0 aliphatic heterocycles. The predicted molar refractivity (Wildman–Crippen MR) is 121 cm³/mol. The maximum Gasteiger partial charge on any atom is 0.408 e. The molecule has 1 saturated carbocycles. The average Bonchev–Trinajstić information content (AvgIpc) is 3.45. The fourth-order valence-corrected chi connectivity index (χ4v) is 3.85. The third-order valence-corrected chi connectivity index (χ3v) is 5.46. The van der Waals surface area contributed by atoms with Gasteiger partial charge in [0.2, 0.25) is 0 Å². The lowest BCUT2D eigenvalue weighted by atomic mass is 9.99. The van der Waals surface area contributed by atoms with Gasteiger partial charge in [-0.25, -0.2) is 0 Å². The summed E-state index contributed by atoms with van der Waals surface area (Å²) in [5.74, 6) is 0.978. The van der Waals surface area contributed by atoms with Crippen molar-refractivity contribution in [2.75, 3.05) is 19.4 Å². The Bertz CT molecular complexity index is 1220. The first-order valence-electron chi connectivity index (χ1n) is 10.6. The van der Waals surface area contributed by atoms with Crippen molar-refractivity contribution in [1.82, 2.24) is 19.7 Å². The molecule has 10 heteroatoms. The van der Waals surface area contributed by atoms with Gasteiger partial charge in [-0.15, -0.1) is 0 Å². The van der Waals surface area contributed by atoms with Crippen molar-refractivity contribution in [3.63, 3.8) is 0 Å². The Hall–Kier alpha value is -3.32. The molecule has 3 aromatic rings. The van der Waals surface area contributed by atoms with E-state index in [0.29, 0.717) is 28.4 Å². The van der Waals surface area contributed by atoms with Gasteiger partial charge < -0.3 is 10.3 Å². The van der Waals surface area contributed by atoms with Crippen molar-refractivity contribution in [1.29, 1.82) is 5.26 Å². The molecule has 0 amide bonds. The van der Waals surface area contributed by atoms with Crippen molar-refractivity contribution in [3.8, 4) is 6.07 Å². The van der Waals surface area contributed by atoms with E-state index in [1.165, 1.54) is 27.1 Å². The van der Waals surface area contributed by atoms with Crippen molar-refractivity contribution in [2.45, 2.75) is 45.5 Å². The molecule has 0 saturated heterocycles. The number of hydrogen-bond acceptors (Lipinski definition) is 5. The zero-order valence-electron chi connectivity index (χ0n) is 19.0. The van der Waals surface area contributed by atoms with Crippen LogP contribution in [0, 0.1) is 24.2 Å². The van der Waals surface area contributed by atoms with Gasteiger partial charge in [0.1, 0.15) is 11.4 Å². The van der Waals surface area contributed by atoms with Gasteiger partial charge in [-0.3, -0.25) is 14.4 Å². The molecule has 7 nitrogen and oxygen atoms in total. The van der Waals surface area contributed by atoms with Gasteiger partial charge in [-0.1, -0.05) is 6.07 Å². The molecule has 1 unspecified atom stereocenters. The normalized spacial score (nSPS) is 14.5. The summed E-state index contributed by atoms with van der Waals surface area (Å²) in [5.41, 5.74) is 1.77. The van der Waals surface area contributed by atoms with Crippen molar-refractivity contribution >= 4 is 22.4 Å². The van der Waals surface area contributed by atoms with Crippen LogP contribution in [0.15, 0.2) is 35.3 Å². The van der Waals surface area contributed by atoms with E-state index < -0.39 is 12.2 Å². The molecule has 176 valence electrons. The number of halogens is 3. The topological polar surface area (TPSA) is 89.7 Å². The molecule has 2 heterocycles. The van der Waals surface area contributed by atoms with Gasteiger partial charge in [0.15, 0.2) is 5.82 Å². The van der Waals surface area contributed by atoms with Crippen LogP contribution in [0.4, 0.5) is 24.7 Å². The van der Waals surface area contributed by atoms with Crippen molar-refractivity contribution in [3.05, 3.63) is 51.9 Å². The van der Waals surface area contributed by atoms with Crippen LogP contribution in [0.25, 0.3) is 10.9 Å². The van der Waals surface area contributed by atoms with Crippen LogP contribution >= 0.6 is 0 Å². The molecule has 2 aromatic heterocycles. The molecule has 0 bridgehead atoms. The smallest absolute Gasteiger partial charge is 0.338 e. The van der Waals surface area contributed by atoms with Gasteiger partial charge in [0.25, 0.3) is 5.56 Å². The zero-order chi connectivity index (χ0) is 24.3. The first-order valence-corrected chi connectivity index (χ1v) is 10.6. The number of nitrogens with one attached hydrogen (secondary N) is 2. The van der Waals surface area contributed by atoms with E-state index in [-0.39, 0.29) is 11.1 Å². The van der Waals surface area contributed by atoms with E-state index in [9.17, 15) is 18.0 Å². The Morgan fingerprint density at radius 2 is 2.00 bits per heavy atom. The molecule has 1 aliphatic rings. The van der Waals surface area contributed by atoms with E-state index in [0.717, 1.165) is 29.8 Å². The zero-order valence-corrected chi connectivity index (χ0v) is 19.0. The highest BCUT2D eigenvalue weighted by Crippen LogP contribution is 2.38. The number of H-pyrrole nitrogens is 1. The minimum absolute atomic E-state index is 0.194. The molecule has 1 fully saturated rings. The fourth-order valence-electron chi connectivity index (χ4n) is 3.85. The lowest BCUT2D eigenvalue weighted by Crippen LogP contribution is -2.33. The summed E-state index contributed by atoms with van der Waals surface area (Å²) in [4.78, 5) is 16.2. The summed E-state index contributed by atoms with van der Waals surface area (Å²) in [7, 11) is 2.82. The largest absolute Gasteiger partial charge is 0.408 e. The molecule has 4 rings (SSSR count). The lowest BCUT2D eigenvalue weighted by Gasteiger charge is -2.28. The molecule has 2 N–H and O–H groups in total. The number of rotatable bonds is 6. The minimum atomic E-state index is -4.38. The Morgan fingerprint density at radius 1 is 1.33 bits per heavy atom. The van der Waals surface area contributed by atoms with Crippen molar-refractivity contribution in [2.24, 2.45) is 5.92 Å². The molecule has 33 heavy (non-hydrogen) atoms. The van der Waals surface area contributed by atoms with E-state index in [1.54, 1.807) is 31.3 Å². The summed E-state index contributed by atoms with van der Waals surface area (Å²) in [6, 6.07) is 6.60. The number of aromatic nitrogens is 3. The highest BCUT2D eigenvalue weighted by molar-refractivity contribution is 5.91. The summed E-state index contributed by atoms with van der Waals surface area (Å²) < 4.78 is 42.4. The van der Waals surface area contributed by atoms with Crippen LogP contribution in [0.1, 0.15) is 36.9 Å². The van der Waals surface area contributed by atoms with Crippen LogP contribution in [0.5, 0.6) is 0 Å². The van der Waals surface area contributed by atoms with Gasteiger partial charge in [-0.2, -0.15) is 23.5 Å². The first kappa shape index (κ1) is 24.3. The summed E-state index contributed by atoms with van der Waals surface area (Å²) in [6.07, 6.45) is -0.480. The molecule has 1 atom stereocenters. The predicted octanol–water partition coefficient (Wildman–Crippen LogP) is 4.88. The van der Waals surface area contributed by atoms with E-state index in [2.05, 4.69) is 15.4 Å². The first-order chi connectivity index (χ1) is 15.6. The quantitative estimate of drug-likeness (QED) is 0.547. The standard InChI is InChI=1S/C21H24F3N5O.C2H3N/c1-12-10-14(6-7-15(12)18(28(2)3)21(22,23)24)26-19-17-16(8-9-25-20(17)30)29(27-19)11-13-4-5-13;1-2-3/h6-10,13,18H,4-5,11H2,1-3H3,(H,25,30)(H,26,27);1H3. The van der Waals surface area contributed by atoms with Gasteiger partial charge >= 0.3 is 6.18 Å². The Labute approximate surface area is 189 Å². The molecular formula is C23H27F3N6O. The summed E-state index contributed by atoms with van der Waals surface area (Å²) in [6.45, 7) is 3.83. The van der Waals surface area contributed by atoms with E-state index in [4.69, 9.17) is 5.26 Å². The fraction of sp³-hybridized carbons (Fsp3) is 0.435. The van der Waals surface area contributed by atoms with Crippen LogP contribution in [-0.2, 0) is 6.54 Å². The second kappa shape index (κ2) is 9.67. The van der Waals surface area contributed by atoms with Crippen LogP contribution < -0.4 is 10.9 Å². The van der Waals surface area contributed by atoms with Crippen LogP contribution in [0.3, 0.4) is 0 Å². The van der Waals surface area contributed by atoms with Gasteiger partial charge in [0, 0.05) is 25.4 Å². The second-order valence-electron chi connectivity index (χ2n) is 8.37. The Kier molecular flexibility index (Phi) is 7.12. The number of benzene rings is 1. The molecule has 1 aliphatic carbocycles. The van der Waals surface area contributed by atoms with E-state index in [1.807, 2.05) is 10.7 Å². The number of aryl methyl sites for hydroxylation is 1. The number of nitriles is 1. The summed E-state index contributed by atoms with van der Waals surface area (Å²) in [5, 5.41) is 15.5. The number of anilines is 2. The maximum absolute atomic E-state index is 13.5. The number of fused-ring (bicyclic) bond motifs is 1. The number of aromatic amines is 1. The van der Waals surface area contributed by atoms with Crippen LogP contribution in [-0.4, -0.2) is 39.9 Å². The second-order valence-corrected chi connectivity index (χ2v) is 8.37. The van der Waals surface area contributed by atoms with Crippen LogP contribution in [0.2, 0.25) is 0 Å². The highest BCUT2D eigenvalue weighted by Gasteiger charge is 2.43. The Balaban J connectivity index is 0.000000968.